The maximum Gasteiger partial charge on any atom is 0.435 e. The van der Waals surface area contributed by atoms with Gasteiger partial charge in [-0.2, -0.15) is 18.3 Å². The number of hydrogen-bond acceptors (Lipinski definition) is 2. The van der Waals surface area contributed by atoms with Gasteiger partial charge in [-0.3, -0.25) is 4.68 Å². The molecule has 0 aromatic carbocycles. The van der Waals surface area contributed by atoms with Gasteiger partial charge in [0.15, 0.2) is 5.69 Å². The first-order valence-electron chi connectivity index (χ1n) is 5.82. The van der Waals surface area contributed by atoms with Crippen molar-refractivity contribution in [3.8, 4) is 0 Å². The molecule has 1 N–H and O–H groups in total. The molecule has 6 heteroatoms. The average Bonchev–Trinajstić information content (AvgIpc) is 2.62. The molecule has 1 aliphatic heterocycles. The maximum absolute atomic E-state index is 12.5. The molecule has 1 aliphatic rings. The number of nitrogens with one attached hydrogen (secondary N) is 1. The van der Waals surface area contributed by atoms with E-state index in [1.807, 2.05) is 0 Å². The molecule has 3 nitrogen and oxygen atoms in total. The summed E-state index contributed by atoms with van der Waals surface area (Å²) in [5.74, 6) is 0. The monoisotopic (exact) mass is 247 g/mol. The zero-order valence-electron chi connectivity index (χ0n) is 9.72. The van der Waals surface area contributed by atoms with Crippen molar-refractivity contribution in [2.45, 2.75) is 44.9 Å². The predicted molar refractivity (Wildman–Crippen MR) is 57.6 cm³/mol. The van der Waals surface area contributed by atoms with E-state index in [0.29, 0.717) is 12.2 Å². The third-order valence-electron chi connectivity index (χ3n) is 3.08. The van der Waals surface area contributed by atoms with Crippen LogP contribution in [-0.2, 0) is 12.7 Å². The molecule has 0 saturated carbocycles. The number of hydrogen-bond donors (Lipinski definition) is 1. The molecule has 1 saturated heterocycles. The van der Waals surface area contributed by atoms with Crippen LogP contribution in [0.25, 0.3) is 0 Å². The van der Waals surface area contributed by atoms with Crippen LogP contribution in [0.5, 0.6) is 0 Å². The molecule has 1 aromatic heterocycles. The second-order valence-electron chi connectivity index (χ2n) is 4.50. The van der Waals surface area contributed by atoms with Crippen LogP contribution < -0.4 is 5.32 Å². The smallest absolute Gasteiger partial charge is 0.312 e. The highest BCUT2D eigenvalue weighted by atomic mass is 19.4. The van der Waals surface area contributed by atoms with Gasteiger partial charge >= 0.3 is 6.18 Å². The van der Waals surface area contributed by atoms with Crippen LogP contribution in [-0.4, -0.2) is 22.4 Å². The Morgan fingerprint density at radius 1 is 1.47 bits per heavy atom. The summed E-state index contributed by atoms with van der Waals surface area (Å²) in [7, 11) is 0. The molecule has 2 heterocycles. The van der Waals surface area contributed by atoms with E-state index in [0.717, 1.165) is 31.9 Å². The largest absolute Gasteiger partial charge is 0.435 e. The van der Waals surface area contributed by atoms with Gasteiger partial charge in [-0.1, -0.05) is 6.42 Å². The van der Waals surface area contributed by atoms with Crippen LogP contribution in [0.3, 0.4) is 0 Å². The van der Waals surface area contributed by atoms with Gasteiger partial charge in [0.2, 0.25) is 0 Å². The molecule has 0 aliphatic carbocycles. The highest BCUT2D eigenvalue weighted by molar-refractivity contribution is 5.11. The SMILES string of the molecule is Cc1cc(C(F)(F)F)nn1CC1CCCCN1. The Hall–Kier alpha value is -1.04. The van der Waals surface area contributed by atoms with Gasteiger partial charge < -0.3 is 5.32 Å². The summed E-state index contributed by atoms with van der Waals surface area (Å²) in [6, 6.07) is 1.34. The summed E-state index contributed by atoms with van der Waals surface area (Å²) < 4.78 is 38.9. The summed E-state index contributed by atoms with van der Waals surface area (Å²) in [6.07, 6.45) is -1.08. The zero-order chi connectivity index (χ0) is 12.5. The van der Waals surface area contributed by atoms with E-state index in [4.69, 9.17) is 0 Å². The number of halogens is 3. The normalized spacial score (nSPS) is 21.8. The molecule has 17 heavy (non-hydrogen) atoms. The molecule has 1 unspecified atom stereocenters. The second-order valence-corrected chi connectivity index (χ2v) is 4.50. The Morgan fingerprint density at radius 2 is 2.24 bits per heavy atom. The number of nitrogens with zero attached hydrogens (tertiary/aromatic N) is 2. The fourth-order valence-corrected chi connectivity index (χ4v) is 2.12. The first-order valence-corrected chi connectivity index (χ1v) is 5.82. The quantitative estimate of drug-likeness (QED) is 0.869. The minimum absolute atomic E-state index is 0.239. The second kappa shape index (κ2) is 4.68. The number of alkyl halides is 3. The molecule has 96 valence electrons. The Kier molecular flexibility index (Phi) is 3.42. The summed E-state index contributed by atoms with van der Waals surface area (Å²) in [6.45, 7) is 3.12. The lowest BCUT2D eigenvalue weighted by Crippen LogP contribution is -2.37. The number of rotatable bonds is 2. The lowest BCUT2D eigenvalue weighted by Gasteiger charge is -2.23. The zero-order valence-corrected chi connectivity index (χ0v) is 9.72. The highest BCUT2D eigenvalue weighted by Gasteiger charge is 2.34. The van der Waals surface area contributed by atoms with Crippen molar-refractivity contribution >= 4 is 0 Å². The molecule has 0 bridgehead atoms. The van der Waals surface area contributed by atoms with E-state index in [9.17, 15) is 13.2 Å². The van der Waals surface area contributed by atoms with Crippen molar-refractivity contribution < 1.29 is 13.2 Å². The van der Waals surface area contributed by atoms with Crippen molar-refractivity contribution in [2.24, 2.45) is 0 Å². The van der Waals surface area contributed by atoms with Gasteiger partial charge in [0.25, 0.3) is 0 Å². The molecule has 1 fully saturated rings. The number of piperidine rings is 1. The summed E-state index contributed by atoms with van der Waals surface area (Å²) in [5, 5.41) is 6.93. The molecule has 2 rings (SSSR count). The average molecular weight is 247 g/mol. The maximum atomic E-state index is 12.5. The highest BCUT2D eigenvalue weighted by Crippen LogP contribution is 2.28. The molecule has 1 aromatic rings. The molecule has 0 radical (unpaired) electrons. The first kappa shape index (κ1) is 12.4. The molecule has 0 amide bonds. The lowest BCUT2D eigenvalue weighted by molar-refractivity contribution is -0.141. The van der Waals surface area contributed by atoms with Crippen LogP contribution >= 0.6 is 0 Å². The number of aryl methyl sites for hydroxylation is 1. The molecular weight excluding hydrogens is 231 g/mol. The molecule has 0 spiro atoms. The van der Waals surface area contributed by atoms with Crippen LogP contribution in [0.2, 0.25) is 0 Å². The van der Waals surface area contributed by atoms with Gasteiger partial charge in [0, 0.05) is 11.7 Å². The third kappa shape index (κ3) is 3.00. The van der Waals surface area contributed by atoms with Crippen LogP contribution in [0.15, 0.2) is 6.07 Å². The molecule has 1 atom stereocenters. The van der Waals surface area contributed by atoms with E-state index < -0.39 is 11.9 Å². The van der Waals surface area contributed by atoms with Crippen LogP contribution in [0.4, 0.5) is 13.2 Å². The van der Waals surface area contributed by atoms with Gasteiger partial charge in [-0.25, -0.2) is 0 Å². The van der Waals surface area contributed by atoms with Crippen molar-refractivity contribution in [1.82, 2.24) is 15.1 Å². The van der Waals surface area contributed by atoms with Gasteiger partial charge in [-0.05, 0) is 32.4 Å². The van der Waals surface area contributed by atoms with E-state index in [1.54, 1.807) is 6.92 Å². The van der Waals surface area contributed by atoms with Gasteiger partial charge in [0.1, 0.15) is 0 Å². The van der Waals surface area contributed by atoms with Gasteiger partial charge in [-0.15, -0.1) is 0 Å². The minimum atomic E-state index is -4.35. The van der Waals surface area contributed by atoms with Gasteiger partial charge in [0.05, 0.1) is 6.54 Å². The summed E-state index contributed by atoms with van der Waals surface area (Å²) >= 11 is 0. The predicted octanol–water partition coefficient (Wildman–Crippen LogP) is 2.35. The third-order valence-corrected chi connectivity index (χ3v) is 3.08. The number of aromatic nitrogens is 2. The van der Waals surface area contributed by atoms with E-state index in [-0.39, 0.29) is 6.04 Å². The Bertz CT molecular complexity index is 378. The van der Waals surface area contributed by atoms with E-state index >= 15 is 0 Å². The first-order chi connectivity index (χ1) is 7.97. The van der Waals surface area contributed by atoms with Crippen molar-refractivity contribution in [2.75, 3.05) is 6.54 Å². The molecular formula is C11H16F3N3. The fraction of sp³-hybridized carbons (Fsp3) is 0.727. The van der Waals surface area contributed by atoms with Crippen molar-refractivity contribution in [3.05, 3.63) is 17.5 Å². The topological polar surface area (TPSA) is 29.9 Å². The Labute approximate surface area is 98.0 Å². The summed E-state index contributed by atoms with van der Waals surface area (Å²) in [5.41, 5.74) is -0.240. The Morgan fingerprint density at radius 3 is 2.76 bits per heavy atom. The van der Waals surface area contributed by atoms with E-state index in [1.165, 1.54) is 4.68 Å². The minimum Gasteiger partial charge on any atom is -0.312 e. The van der Waals surface area contributed by atoms with Crippen LogP contribution in [0.1, 0.15) is 30.7 Å². The van der Waals surface area contributed by atoms with Crippen LogP contribution in [0, 0.1) is 6.92 Å². The standard InChI is InChI=1S/C11H16F3N3/c1-8-6-10(11(12,13)14)16-17(8)7-9-4-2-3-5-15-9/h6,9,15H,2-5,7H2,1H3. The lowest BCUT2D eigenvalue weighted by atomic mass is 10.1. The Balaban J connectivity index is 2.07. The van der Waals surface area contributed by atoms with E-state index in [2.05, 4.69) is 10.4 Å². The van der Waals surface area contributed by atoms with Crippen molar-refractivity contribution in [1.29, 1.82) is 0 Å². The summed E-state index contributed by atoms with van der Waals surface area (Å²) in [4.78, 5) is 0. The fourth-order valence-electron chi connectivity index (χ4n) is 2.12. The van der Waals surface area contributed by atoms with Crippen molar-refractivity contribution in [3.63, 3.8) is 0 Å².